The highest BCUT2D eigenvalue weighted by Crippen LogP contribution is 2.36. The summed E-state index contributed by atoms with van der Waals surface area (Å²) in [7, 11) is -3.64. The van der Waals surface area contributed by atoms with Crippen LogP contribution in [0.2, 0.25) is 0 Å². The molecule has 0 unspecified atom stereocenters. The van der Waals surface area contributed by atoms with E-state index in [0.717, 1.165) is 31.6 Å². The Balaban J connectivity index is 1.13. The van der Waals surface area contributed by atoms with Crippen molar-refractivity contribution in [3.63, 3.8) is 0 Å². The number of thioether (sulfide) groups is 1. The molecular formula is C26H31N3O2S2. The van der Waals surface area contributed by atoms with Crippen LogP contribution in [-0.2, 0) is 10.0 Å². The molecule has 2 saturated heterocycles. The molecule has 0 amide bonds. The molecule has 2 N–H and O–H groups in total. The maximum Gasteiger partial charge on any atom is 0.238 e. The predicted molar refractivity (Wildman–Crippen MR) is 137 cm³/mol. The number of anilines is 1. The number of nitrogens with two attached hydrogens (primary N) is 1. The molecule has 174 valence electrons. The summed E-state index contributed by atoms with van der Waals surface area (Å²) >= 11 is 2.06. The van der Waals surface area contributed by atoms with Gasteiger partial charge in [-0.25, -0.2) is 13.6 Å². The average Bonchev–Trinajstić information content (AvgIpc) is 2.84. The third kappa shape index (κ3) is 5.22. The number of rotatable bonds is 5. The van der Waals surface area contributed by atoms with Gasteiger partial charge in [0.1, 0.15) is 0 Å². The summed E-state index contributed by atoms with van der Waals surface area (Å²) in [6.45, 7) is 4.36. The maximum absolute atomic E-state index is 11.5. The summed E-state index contributed by atoms with van der Waals surface area (Å²) in [5, 5.41) is 8.60. The number of piperidine rings is 2. The first-order valence-electron chi connectivity index (χ1n) is 11.7. The van der Waals surface area contributed by atoms with Crippen LogP contribution >= 0.6 is 11.8 Å². The highest BCUT2D eigenvalue weighted by Gasteiger charge is 2.29. The zero-order valence-corrected chi connectivity index (χ0v) is 20.4. The number of benzene rings is 3. The van der Waals surface area contributed by atoms with E-state index in [9.17, 15) is 8.42 Å². The van der Waals surface area contributed by atoms with Crippen molar-refractivity contribution < 1.29 is 8.42 Å². The van der Waals surface area contributed by atoms with Crippen molar-refractivity contribution in [1.82, 2.24) is 4.90 Å². The molecule has 7 heteroatoms. The SMILES string of the molecule is NS(=O)(=O)c1ccc(N2CCC(N3CCC(Sc4cccc5ccccc45)CC3)CC2)cc1. The van der Waals surface area contributed by atoms with E-state index in [0.29, 0.717) is 11.3 Å². The van der Waals surface area contributed by atoms with Gasteiger partial charge in [0, 0.05) is 35.0 Å². The largest absolute Gasteiger partial charge is 0.371 e. The minimum Gasteiger partial charge on any atom is -0.371 e. The van der Waals surface area contributed by atoms with E-state index < -0.39 is 10.0 Å². The Bertz CT molecular complexity index is 1190. The quantitative estimate of drug-likeness (QED) is 0.572. The molecule has 2 aliphatic heterocycles. The molecule has 33 heavy (non-hydrogen) atoms. The number of hydrogen-bond acceptors (Lipinski definition) is 5. The minimum absolute atomic E-state index is 0.172. The Morgan fingerprint density at radius 2 is 1.45 bits per heavy atom. The van der Waals surface area contributed by atoms with E-state index in [1.807, 2.05) is 12.1 Å². The van der Waals surface area contributed by atoms with Crippen molar-refractivity contribution in [2.45, 2.75) is 46.8 Å². The number of fused-ring (bicyclic) bond motifs is 1. The molecule has 2 fully saturated rings. The molecule has 5 nitrogen and oxygen atoms in total. The summed E-state index contributed by atoms with van der Waals surface area (Å²) in [6, 6.07) is 22.9. The van der Waals surface area contributed by atoms with E-state index in [4.69, 9.17) is 5.14 Å². The van der Waals surface area contributed by atoms with E-state index in [2.05, 4.69) is 64.0 Å². The first-order chi connectivity index (χ1) is 16.0. The molecule has 0 aromatic heterocycles. The van der Waals surface area contributed by atoms with Gasteiger partial charge in [-0.3, -0.25) is 0 Å². The van der Waals surface area contributed by atoms with Gasteiger partial charge in [-0.15, -0.1) is 11.8 Å². The van der Waals surface area contributed by atoms with Crippen molar-refractivity contribution in [2.75, 3.05) is 31.1 Å². The third-order valence-electron chi connectivity index (χ3n) is 7.03. The molecule has 2 aliphatic rings. The van der Waals surface area contributed by atoms with E-state index in [-0.39, 0.29) is 4.90 Å². The van der Waals surface area contributed by atoms with Crippen LogP contribution in [0.3, 0.4) is 0 Å². The number of primary sulfonamides is 1. The van der Waals surface area contributed by atoms with Crippen molar-refractivity contribution in [3.05, 3.63) is 66.7 Å². The molecule has 3 aromatic rings. The molecule has 0 atom stereocenters. The lowest BCUT2D eigenvalue weighted by atomic mass is 9.99. The van der Waals surface area contributed by atoms with Gasteiger partial charge in [0.05, 0.1) is 4.90 Å². The zero-order valence-electron chi connectivity index (χ0n) is 18.8. The lowest BCUT2D eigenvalue weighted by molar-refractivity contribution is 0.144. The van der Waals surface area contributed by atoms with Crippen LogP contribution in [-0.4, -0.2) is 50.8 Å². The number of nitrogens with zero attached hydrogens (tertiary/aromatic N) is 2. The van der Waals surface area contributed by atoms with Gasteiger partial charge in [-0.1, -0.05) is 36.4 Å². The Morgan fingerprint density at radius 1 is 0.788 bits per heavy atom. The Labute approximate surface area is 201 Å². The van der Waals surface area contributed by atoms with Gasteiger partial charge in [-0.2, -0.15) is 0 Å². The normalized spacial score (nSPS) is 19.2. The maximum atomic E-state index is 11.5. The summed E-state index contributed by atoms with van der Waals surface area (Å²) < 4.78 is 23.0. The van der Waals surface area contributed by atoms with E-state index >= 15 is 0 Å². The second-order valence-electron chi connectivity index (χ2n) is 9.09. The molecule has 0 aliphatic carbocycles. The highest BCUT2D eigenvalue weighted by atomic mass is 32.2. The molecule has 3 aromatic carbocycles. The van der Waals surface area contributed by atoms with Crippen molar-refractivity contribution >= 4 is 38.2 Å². The third-order valence-corrected chi connectivity index (χ3v) is 9.38. The zero-order chi connectivity index (χ0) is 22.8. The number of sulfonamides is 1. The van der Waals surface area contributed by atoms with Crippen LogP contribution in [0.25, 0.3) is 10.8 Å². The standard InChI is InChI=1S/C26H31N3O2S2/c27-33(30,31)24-10-8-21(9-11-24)28-16-12-22(13-17-28)29-18-14-23(15-19-29)32-26-7-3-5-20-4-1-2-6-25(20)26/h1-11,22-23H,12-19H2,(H2,27,30,31). The summed E-state index contributed by atoms with van der Waals surface area (Å²) in [5.74, 6) is 0. The molecular weight excluding hydrogens is 450 g/mol. The molecule has 0 saturated carbocycles. The molecule has 5 rings (SSSR count). The fraction of sp³-hybridized carbons (Fsp3) is 0.385. The van der Waals surface area contributed by atoms with Gasteiger partial charge in [0.2, 0.25) is 10.0 Å². The first kappa shape index (κ1) is 22.7. The minimum atomic E-state index is -3.64. The van der Waals surface area contributed by atoms with Crippen molar-refractivity contribution in [1.29, 1.82) is 0 Å². The smallest absolute Gasteiger partial charge is 0.238 e. The fourth-order valence-electron chi connectivity index (χ4n) is 5.17. The summed E-state index contributed by atoms with van der Waals surface area (Å²) in [6.07, 6.45) is 4.78. The monoisotopic (exact) mass is 481 g/mol. The van der Waals surface area contributed by atoms with E-state index in [1.54, 1.807) is 12.1 Å². The van der Waals surface area contributed by atoms with Gasteiger partial charge in [-0.05, 0) is 79.9 Å². The van der Waals surface area contributed by atoms with Crippen LogP contribution < -0.4 is 10.0 Å². The number of likely N-dealkylation sites (tertiary alicyclic amines) is 1. The second kappa shape index (κ2) is 9.66. The predicted octanol–water partition coefficient (Wildman–Crippen LogP) is 4.71. The van der Waals surface area contributed by atoms with Crippen LogP contribution in [0.4, 0.5) is 5.69 Å². The number of hydrogen-bond donors (Lipinski definition) is 1. The molecule has 0 spiro atoms. The topological polar surface area (TPSA) is 66.6 Å². The van der Waals surface area contributed by atoms with Gasteiger partial charge in [0.25, 0.3) is 0 Å². The van der Waals surface area contributed by atoms with Crippen molar-refractivity contribution in [2.24, 2.45) is 5.14 Å². The molecule has 2 heterocycles. The Morgan fingerprint density at radius 3 is 2.15 bits per heavy atom. The highest BCUT2D eigenvalue weighted by molar-refractivity contribution is 8.00. The van der Waals surface area contributed by atoms with E-state index in [1.165, 1.54) is 41.6 Å². The summed E-state index contributed by atoms with van der Waals surface area (Å²) in [5.41, 5.74) is 1.08. The fourth-order valence-corrected chi connectivity index (χ4v) is 6.96. The van der Waals surface area contributed by atoms with Crippen LogP contribution in [0.1, 0.15) is 25.7 Å². The van der Waals surface area contributed by atoms with Gasteiger partial charge in [0.15, 0.2) is 0 Å². The lowest BCUT2D eigenvalue weighted by Crippen LogP contribution is -2.48. The van der Waals surface area contributed by atoms with Crippen molar-refractivity contribution in [3.8, 4) is 0 Å². The average molecular weight is 482 g/mol. The second-order valence-corrected chi connectivity index (χ2v) is 12.0. The lowest BCUT2D eigenvalue weighted by Gasteiger charge is -2.42. The first-order valence-corrected chi connectivity index (χ1v) is 14.2. The molecule has 0 bridgehead atoms. The van der Waals surface area contributed by atoms with Gasteiger partial charge < -0.3 is 9.80 Å². The van der Waals surface area contributed by atoms with Crippen LogP contribution in [0.15, 0.2) is 76.5 Å². The summed E-state index contributed by atoms with van der Waals surface area (Å²) in [4.78, 5) is 6.63. The Kier molecular flexibility index (Phi) is 6.65. The van der Waals surface area contributed by atoms with Crippen LogP contribution in [0, 0.1) is 0 Å². The molecule has 0 radical (unpaired) electrons. The van der Waals surface area contributed by atoms with Gasteiger partial charge >= 0.3 is 0 Å². The van der Waals surface area contributed by atoms with Crippen LogP contribution in [0.5, 0.6) is 0 Å². The Hall–Kier alpha value is -2.06.